The van der Waals surface area contributed by atoms with E-state index in [0.29, 0.717) is 23.1 Å². The third-order valence-corrected chi connectivity index (χ3v) is 5.94. The quantitative estimate of drug-likeness (QED) is 0.686. The molecule has 122 valence electrons. The molecule has 2 N–H and O–H groups in total. The lowest BCUT2D eigenvalue weighted by atomic mass is 10.00. The van der Waals surface area contributed by atoms with Crippen LogP contribution in [-0.2, 0) is 5.75 Å². The number of hydrogen-bond acceptors (Lipinski definition) is 6. The van der Waals surface area contributed by atoms with Gasteiger partial charge in [-0.1, -0.05) is 61.6 Å². The lowest BCUT2D eigenvalue weighted by molar-refractivity contribution is 0.431. The smallest absolute Gasteiger partial charge is 0.235 e. The van der Waals surface area contributed by atoms with E-state index in [4.69, 9.17) is 5.73 Å². The summed E-state index contributed by atoms with van der Waals surface area (Å²) in [5.41, 5.74) is 6.91. The van der Waals surface area contributed by atoms with Crippen LogP contribution in [-0.4, -0.2) is 19.8 Å². The molecule has 0 aliphatic rings. The van der Waals surface area contributed by atoms with Crippen molar-refractivity contribution in [2.45, 2.75) is 36.4 Å². The van der Waals surface area contributed by atoms with Gasteiger partial charge in [-0.2, -0.15) is 4.52 Å². The van der Waals surface area contributed by atoms with Crippen LogP contribution in [0.25, 0.3) is 4.96 Å². The molecule has 2 aromatic heterocycles. The zero-order valence-corrected chi connectivity index (χ0v) is 14.6. The second-order valence-corrected chi connectivity index (χ2v) is 7.59. The second kappa shape index (κ2) is 6.94. The SMILES string of the molecule is CCC(C)C(N)c1nnc2sc(SCc3ccccc3F)nn12. The number of nitrogens with two attached hydrogens (primary N) is 1. The first kappa shape index (κ1) is 16.4. The Bertz CT molecular complexity index is 800. The summed E-state index contributed by atoms with van der Waals surface area (Å²) >= 11 is 2.93. The third-order valence-electron chi connectivity index (χ3n) is 3.86. The van der Waals surface area contributed by atoms with Crippen LogP contribution in [0.2, 0.25) is 0 Å². The van der Waals surface area contributed by atoms with Crippen LogP contribution in [0.15, 0.2) is 28.6 Å². The van der Waals surface area contributed by atoms with Crippen LogP contribution in [0.4, 0.5) is 4.39 Å². The minimum absolute atomic E-state index is 0.192. The standard InChI is InChI=1S/C15H18FN5S2/c1-3-9(2)12(17)13-18-19-14-21(13)20-15(23-14)22-8-10-6-4-5-7-11(10)16/h4-7,9,12H,3,8,17H2,1-2H3. The number of nitrogens with zero attached hydrogens (tertiary/aromatic N) is 4. The molecule has 5 nitrogen and oxygen atoms in total. The molecule has 0 radical (unpaired) electrons. The highest BCUT2D eigenvalue weighted by molar-refractivity contribution is 8.00. The van der Waals surface area contributed by atoms with E-state index < -0.39 is 0 Å². The van der Waals surface area contributed by atoms with Gasteiger partial charge in [-0.05, 0) is 17.5 Å². The molecule has 2 atom stereocenters. The molecule has 0 aliphatic heterocycles. The molecular weight excluding hydrogens is 333 g/mol. The number of fused-ring (bicyclic) bond motifs is 1. The minimum Gasteiger partial charge on any atom is -0.321 e. The van der Waals surface area contributed by atoms with Gasteiger partial charge < -0.3 is 5.73 Å². The van der Waals surface area contributed by atoms with E-state index in [-0.39, 0.29) is 11.9 Å². The second-order valence-electron chi connectivity index (χ2n) is 5.41. The van der Waals surface area contributed by atoms with Crippen LogP contribution >= 0.6 is 23.1 Å². The van der Waals surface area contributed by atoms with E-state index in [1.807, 2.05) is 6.07 Å². The zero-order chi connectivity index (χ0) is 16.4. The van der Waals surface area contributed by atoms with Crippen molar-refractivity contribution in [3.8, 4) is 0 Å². The van der Waals surface area contributed by atoms with Gasteiger partial charge in [-0.3, -0.25) is 0 Å². The van der Waals surface area contributed by atoms with Crippen molar-refractivity contribution >= 4 is 28.1 Å². The predicted molar refractivity (Wildman–Crippen MR) is 91.0 cm³/mol. The number of benzene rings is 1. The summed E-state index contributed by atoms with van der Waals surface area (Å²) in [5.74, 6) is 1.33. The molecule has 0 bridgehead atoms. The highest BCUT2D eigenvalue weighted by atomic mass is 32.2. The summed E-state index contributed by atoms with van der Waals surface area (Å²) in [4.78, 5) is 0.717. The molecule has 23 heavy (non-hydrogen) atoms. The summed E-state index contributed by atoms with van der Waals surface area (Å²) in [5, 5.41) is 12.8. The largest absolute Gasteiger partial charge is 0.321 e. The Morgan fingerprint density at radius 1 is 1.35 bits per heavy atom. The molecule has 3 rings (SSSR count). The first-order valence-corrected chi connectivity index (χ1v) is 9.24. The molecule has 0 saturated heterocycles. The number of hydrogen-bond donors (Lipinski definition) is 1. The van der Waals surface area contributed by atoms with Gasteiger partial charge in [0.15, 0.2) is 10.2 Å². The summed E-state index contributed by atoms with van der Waals surface area (Å²) in [6.45, 7) is 4.19. The summed E-state index contributed by atoms with van der Waals surface area (Å²) < 4.78 is 16.2. The van der Waals surface area contributed by atoms with Gasteiger partial charge in [0.25, 0.3) is 0 Å². The Hall–Kier alpha value is -1.51. The predicted octanol–water partition coefficient (Wildman–Crippen LogP) is 3.66. The fourth-order valence-electron chi connectivity index (χ4n) is 2.14. The van der Waals surface area contributed by atoms with Crippen molar-refractivity contribution in [2.24, 2.45) is 11.7 Å². The lowest BCUT2D eigenvalue weighted by Gasteiger charge is -2.15. The fourth-order valence-corrected chi connectivity index (χ4v) is 4.01. The molecule has 0 amide bonds. The minimum atomic E-state index is -0.193. The van der Waals surface area contributed by atoms with E-state index in [0.717, 1.165) is 15.7 Å². The van der Waals surface area contributed by atoms with Gasteiger partial charge in [-0.15, -0.1) is 15.3 Å². The van der Waals surface area contributed by atoms with E-state index in [9.17, 15) is 4.39 Å². The van der Waals surface area contributed by atoms with E-state index in [1.165, 1.54) is 29.2 Å². The molecule has 0 saturated carbocycles. The van der Waals surface area contributed by atoms with Gasteiger partial charge in [0.1, 0.15) is 5.82 Å². The lowest BCUT2D eigenvalue weighted by Crippen LogP contribution is -2.21. The maximum atomic E-state index is 13.7. The molecule has 0 fully saturated rings. The van der Waals surface area contributed by atoms with E-state index in [1.54, 1.807) is 16.6 Å². The Morgan fingerprint density at radius 3 is 2.87 bits per heavy atom. The zero-order valence-electron chi connectivity index (χ0n) is 12.9. The van der Waals surface area contributed by atoms with Gasteiger partial charge in [0, 0.05) is 5.75 Å². The van der Waals surface area contributed by atoms with Gasteiger partial charge in [0.05, 0.1) is 6.04 Å². The molecule has 2 heterocycles. The Kier molecular flexibility index (Phi) is 4.93. The maximum Gasteiger partial charge on any atom is 0.235 e. The Morgan fingerprint density at radius 2 is 2.13 bits per heavy atom. The van der Waals surface area contributed by atoms with E-state index in [2.05, 4.69) is 29.1 Å². The highest BCUT2D eigenvalue weighted by Gasteiger charge is 2.21. The highest BCUT2D eigenvalue weighted by Crippen LogP contribution is 2.30. The molecule has 0 spiro atoms. The average Bonchev–Trinajstić information content (AvgIpc) is 3.12. The van der Waals surface area contributed by atoms with Crippen LogP contribution in [0.1, 0.15) is 37.7 Å². The number of aromatic nitrogens is 4. The van der Waals surface area contributed by atoms with Crippen molar-refractivity contribution < 1.29 is 4.39 Å². The first-order valence-electron chi connectivity index (χ1n) is 7.44. The van der Waals surface area contributed by atoms with Crippen LogP contribution in [0, 0.1) is 11.7 Å². The molecular formula is C15H18FN5S2. The monoisotopic (exact) mass is 351 g/mol. The van der Waals surface area contributed by atoms with Crippen LogP contribution < -0.4 is 5.73 Å². The number of rotatable bonds is 6. The van der Waals surface area contributed by atoms with Crippen molar-refractivity contribution in [1.29, 1.82) is 0 Å². The molecule has 8 heteroatoms. The number of thioether (sulfide) groups is 1. The number of halogens is 1. The molecule has 0 aliphatic carbocycles. The van der Waals surface area contributed by atoms with Gasteiger partial charge in [-0.25, -0.2) is 4.39 Å². The molecule has 1 aromatic carbocycles. The summed E-state index contributed by atoms with van der Waals surface area (Å²) in [6.07, 6.45) is 0.967. The molecule has 2 unspecified atom stereocenters. The van der Waals surface area contributed by atoms with Gasteiger partial charge >= 0.3 is 0 Å². The van der Waals surface area contributed by atoms with Crippen LogP contribution in [0.5, 0.6) is 0 Å². The normalized spacial score (nSPS) is 14.3. The Labute approximate surface area is 142 Å². The van der Waals surface area contributed by atoms with Gasteiger partial charge in [0.2, 0.25) is 4.96 Å². The first-order chi connectivity index (χ1) is 11.1. The summed E-state index contributed by atoms with van der Waals surface area (Å²) in [6, 6.07) is 6.59. The summed E-state index contributed by atoms with van der Waals surface area (Å²) in [7, 11) is 0. The van der Waals surface area contributed by atoms with Crippen molar-refractivity contribution in [3.63, 3.8) is 0 Å². The van der Waals surface area contributed by atoms with Crippen molar-refractivity contribution in [3.05, 3.63) is 41.5 Å². The average molecular weight is 351 g/mol. The van der Waals surface area contributed by atoms with Crippen molar-refractivity contribution in [1.82, 2.24) is 19.8 Å². The third kappa shape index (κ3) is 3.39. The maximum absolute atomic E-state index is 13.7. The topological polar surface area (TPSA) is 69.1 Å². The Balaban J connectivity index is 1.78. The fraction of sp³-hybridized carbons (Fsp3) is 0.400. The van der Waals surface area contributed by atoms with E-state index >= 15 is 0 Å². The molecule has 3 aromatic rings. The van der Waals surface area contributed by atoms with Crippen LogP contribution in [0.3, 0.4) is 0 Å². The van der Waals surface area contributed by atoms with Crippen molar-refractivity contribution in [2.75, 3.05) is 0 Å².